The Morgan fingerprint density at radius 2 is 2.16 bits per heavy atom. The SMILES string of the molecule is CCC1(C)CN(CCCSC)c2ccccc2CN1. The smallest absolute Gasteiger partial charge is 0.0412 e. The van der Waals surface area contributed by atoms with Gasteiger partial charge < -0.3 is 10.2 Å². The molecular weight excluding hydrogens is 252 g/mol. The van der Waals surface area contributed by atoms with E-state index in [4.69, 9.17) is 0 Å². The molecule has 0 spiro atoms. The second kappa shape index (κ2) is 6.67. The van der Waals surface area contributed by atoms with Crippen molar-refractivity contribution in [2.24, 2.45) is 0 Å². The molecular formula is C16H26N2S. The van der Waals surface area contributed by atoms with Gasteiger partial charge in [0.2, 0.25) is 0 Å². The number of anilines is 1. The van der Waals surface area contributed by atoms with Gasteiger partial charge >= 0.3 is 0 Å². The second-order valence-corrected chi connectivity index (χ2v) is 6.65. The van der Waals surface area contributed by atoms with Crippen LogP contribution in [0, 0.1) is 0 Å². The number of para-hydroxylation sites is 1. The first-order chi connectivity index (χ1) is 9.18. The van der Waals surface area contributed by atoms with E-state index < -0.39 is 0 Å². The molecule has 1 aliphatic heterocycles. The minimum absolute atomic E-state index is 0.221. The number of nitrogens with one attached hydrogen (secondary N) is 1. The number of fused-ring (bicyclic) bond motifs is 1. The van der Waals surface area contributed by atoms with Crippen LogP contribution in [-0.2, 0) is 6.54 Å². The fraction of sp³-hybridized carbons (Fsp3) is 0.625. The van der Waals surface area contributed by atoms with Crippen molar-refractivity contribution in [3.8, 4) is 0 Å². The zero-order valence-corrected chi connectivity index (χ0v) is 13.2. The van der Waals surface area contributed by atoms with E-state index in [0.29, 0.717) is 0 Å². The summed E-state index contributed by atoms with van der Waals surface area (Å²) in [6, 6.07) is 8.84. The minimum atomic E-state index is 0.221. The third-order valence-corrected chi connectivity index (χ3v) is 4.83. The predicted molar refractivity (Wildman–Crippen MR) is 87.2 cm³/mol. The Hall–Kier alpha value is -0.670. The Morgan fingerprint density at radius 3 is 2.89 bits per heavy atom. The van der Waals surface area contributed by atoms with Gasteiger partial charge in [-0.15, -0.1) is 0 Å². The molecule has 0 aromatic heterocycles. The van der Waals surface area contributed by atoms with Crippen LogP contribution in [0.2, 0.25) is 0 Å². The van der Waals surface area contributed by atoms with Gasteiger partial charge in [0.1, 0.15) is 0 Å². The molecule has 1 aliphatic rings. The van der Waals surface area contributed by atoms with Gasteiger partial charge in [-0.1, -0.05) is 25.1 Å². The van der Waals surface area contributed by atoms with Gasteiger partial charge in [0, 0.05) is 30.9 Å². The van der Waals surface area contributed by atoms with Crippen LogP contribution in [0.4, 0.5) is 5.69 Å². The van der Waals surface area contributed by atoms with E-state index in [0.717, 1.165) is 19.6 Å². The quantitative estimate of drug-likeness (QED) is 0.830. The summed E-state index contributed by atoms with van der Waals surface area (Å²) in [5.74, 6) is 1.24. The Morgan fingerprint density at radius 1 is 1.37 bits per heavy atom. The molecule has 0 bridgehead atoms. The third kappa shape index (κ3) is 3.67. The average Bonchev–Trinajstić information content (AvgIpc) is 2.58. The summed E-state index contributed by atoms with van der Waals surface area (Å²) in [7, 11) is 0. The van der Waals surface area contributed by atoms with Crippen molar-refractivity contribution in [3.63, 3.8) is 0 Å². The first kappa shape index (κ1) is 14.7. The lowest BCUT2D eigenvalue weighted by Crippen LogP contribution is -2.49. The Balaban J connectivity index is 2.19. The fourth-order valence-corrected chi connectivity index (χ4v) is 3.09. The number of rotatable bonds is 5. The predicted octanol–water partition coefficient (Wildman–Crippen LogP) is 3.52. The standard InChI is InChI=1S/C16H26N2S/c1-4-16(2)13-18(10-7-11-19-3)15-9-6-5-8-14(15)12-17-16/h5-6,8-9,17H,4,7,10-13H2,1-3H3. The number of hydrogen-bond acceptors (Lipinski definition) is 3. The first-order valence-electron chi connectivity index (χ1n) is 7.25. The zero-order chi connectivity index (χ0) is 13.7. The molecule has 1 aromatic carbocycles. The average molecular weight is 278 g/mol. The molecule has 106 valence electrons. The van der Waals surface area contributed by atoms with Crippen LogP contribution < -0.4 is 10.2 Å². The van der Waals surface area contributed by atoms with E-state index in [1.165, 1.54) is 29.8 Å². The molecule has 1 heterocycles. The molecule has 1 N–H and O–H groups in total. The molecule has 3 heteroatoms. The summed E-state index contributed by atoms with van der Waals surface area (Å²) in [6.07, 6.45) is 4.61. The highest BCUT2D eigenvalue weighted by atomic mass is 32.2. The third-order valence-electron chi connectivity index (χ3n) is 4.13. The van der Waals surface area contributed by atoms with Crippen LogP contribution in [0.1, 0.15) is 32.3 Å². The molecule has 2 rings (SSSR count). The second-order valence-electron chi connectivity index (χ2n) is 5.66. The molecule has 0 saturated carbocycles. The van der Waals surface area contributed by atoms with Crippen molar-refractivity contribution in [3.05, 3.63) is 29.8 Å². The molecule has 0 aliphatic carbocycles. The molecule has 0 amide bonds. The highest BCUT2D eigenvalue weighted by Gasteiger charge is 2.28. The van der Waals surface area contributed by atoms with Gasteiger partial charge in [-0.3, -0.25) is 0 Å². The van der Waals surface area contributed by atoms with Crippen LogP contribution in [-0.4, -0.2) is 30.6 Å². The summed E-state index contributed by atoms with van der Waals surface area (Å²) in [4.78, 5) is 2.58. The summed E-state index contributed by atoms with van der Waals surface area (Å²) in [5, 5.41) is 3.74. The number of hydrogen-bond donors (Lipinski definition) is 1. The Kier molecular flexibility index (Phi) is 5.17. The zero-order valence-electron chi connectivity index (χ0n) is 12.4. The van der Waals surface area contributed by atoms with Crippen LogP contribution in [0.5, 0.6) is 0 Å². The van der Waals surface area contributed by atoms with E-state index in [2.05, 4.69) is 54.6 Å². The summed E-state index contributed by atoms with van der Waals surface area (Å²) in [5.41, 5.74) is 3.08. The lowest BCUT2D eigenvalue weighted by molar-refractivity contribution is 0.349. The van der Waals surface area contributed by atoms with Crippen molar-refractivity contribution in [1.29, 1.82) is 0 Å². The van der Waals surface area contributed by atoms with Gasteiger partial charge in [0.25, 0.3) is 0 Å². The summed E-state index contributed by atoms with van der Waals surface area (Å²) >= 11 is 1.94. The number of benzene rings is 1. The van der Waals surface area contributed by atoms with Crippen molar-refractivity contribution in [2.75, 3.05) is 30.0 Å². The monoisotopic (exact) mass is 278 g/mol. The maximum Gasteiger partial charge on any atom is 0.0412 e. The molecule has 0 saturated heterocycles. The molecule has 1 unspecified atom stereocenters. The van der Waals surface area contributed by atoms with Crippen molar-refractivity contribution < 1.29 is 0 Å². The topological polar surface area (TPSA) is 15.3 Å². The van der Waals surface area contributed by atoms with Crippen LogP contribution >= 0.6 is 11.8 Å². The molecule has 1 atom stereocenters. The first-order valence-corrected chi connectivity index (χ1v) is 8.65. The van der Waals surface area contributed by atoms with E-state index in [1.54, 1.807) is 0 Å². The van der Waals surface area contributed by atoms with Crippen molar-refractivity contribution >= 4 is 17.4 Å². The van der Waals surface area contributed by atoms with Crippen LogP contribution in [0.3, 0.4) is 0 Å². The normalized spacial score (nSPS) is 23.0. The van der Waals surface area contributed by atoms with E-state index in [9.17, 15) is 0 Å². The van der Waals surface area contributed by atoms with Gasteiger partial charge in [0.05, 0.1) is 0 Å². The van der Waals surface area contributed by atoms with Gasteiger partial charge in [0.15, 0.2) is 0 Å². The van der Waals surface area contributed by atoms with Gasteiger partial charge in [-0.25, -0.2) is 0 Å². The Bertz CT molecular complexity index is 407. The van der Waals surface area contributed by atoms with Crippen molar-refractivity contribution in [1.82, 2.24) is 5.32 Å². The summed E-state index contributed by atoms with van der Waals surface area (Å²) < 4.78 is 0. The fourth-order valence-electron chi connectivity index (χ4n) is 2.68. The maximum atomic E-state index is 3.74. The largest absolute Gasteiger partial charge is 0.369 e. The molecule has 19 heavy (non-hydrogen) atoms. The molecule has 1 aromatic rings. The highest BCUT2D eigenvalue weighted by molar-refractivity contribution is 7.98. The summed E-state index contributed by atoms with van der Waals surface area (Å²) in [6.45, 7) is 7.88. The van der Waals surface area contributed by atoms with E-state index in [1.807, 2.05) is 11.8 Å². The molecule has 0 radical (unpaired) electrons. The maximum absolute atomic E-state index is 3.74. The van der Waals surface area contributed by atoms with E-state index in [-0.39, 0.29) is 5.54 Å². The molecule has 2 nitrogen and oxygen atoms in total. The van der Waals surface area contributed by atoms with Gasteiger partial charge in [-0.05, 0) is 43.4 Å². The Labute approximate surface area is 122 Å². The number of nitrogens with zero attached hydrogens (tertiary/aromatic N) is 1. The van der Waals surface area contributed by atoms with Crippen molar-refractivity contribution in [2.45, 2.75) is 38.8 Å². The van der Waals surface area contributed by atoms with Gasteiger partial charge in [-0.2, -0.15) is 11.8 Å². The number of thioether (sulfide) groups is 1. The van der Waals surface area contributed by atoms with Crippen LogP contribution in [0.25, 0.3) is 0 Å². The molecule has 0 fully saturated rings. The lowest BCUT2D eigenvalue weighted by Gasteiger charge is -2.34. The minimum Gasteiger partial charge on any atom is -0.369 e. The highest BCUT2D eigenvalue weighted by Crippen LogP contribution is 2.27. The van der Waals surface area contributed by atoms with E-state index >= 15 is 0 Å². The van der Waals surface area contributed by atoms with Crippen LogP contribution in [0.15, 0.2) is 24.3 Å². The lowest BCUT2D eigenvalue weighted by atomic mass is 9.98.